The smallest absolute Gasteiger partial charge is 0.223 e. The third kappa shape index (κ3) is 1.61. The molecule has 0 saturated heterocycles. The highest BCUT2D eigenvalue weighted by molar-refractivity contribution is 5.76. The van der Waals surface area contributed by atoms with Crippen LogP contribution in [0.3, 0.4) is 0 Å². The molecule has 1 amide bonds. The number of primary amides is 1. The van der Waals surface area contributed by atoms with Crippen LogP contribution in [0.5, 0.6) is 0 Å². The maximum Gasteiger partial charge on any atom is 0.223 e. The van der Waals surface area contributed by atoms with Crippen LogP contribution in [0.15, 0.2) is 0 Å². The number of aromatic nitrogens is 3. The predicted molar refractivity (Wildman–Crippen MR) is 43.3 cm³/mol. The molecule has 5 nitrogen and oxygen atoms in total. The zero-order chi connectivity index (χ0) is 9.14. The van der Waals surface area contributed by atoms with Crippen LogP contribution < -0.4 is 5.73 Å². The first kappa shape index (κ1) is 8.70. The zero-order valence-corrected chi connectivity index (χ0v) is 7.24. The van der Waals surface area contributed by atoms with Gasteiger partial charge >= 0.3 is 0 Å². The van der Waals surface area contributed by atoms with E-state index in [-0.39, 0.29) is 12.3 Å². The maximum atomic E-state index is 10.6. The summed E-state index contributed by atoms with van der Waals surface area (Å²) in [4.78, 5) is 10.6. The van der Waals surface area contributed by atoms with Gasteiger partial charge in [0.1, 0.15) is 0 Å². The molecule has 0 saturated carbocycles. The SMILES string of the molecule is CCc1c(CC(N)=O)nnn1C. The number of amides is 1. The fourth-order valence-electron chi connectivity index (χ4n) is 1.15. The zero-order valence-electron chi connectivity index (χ0n) is 7.24. The molecule has 0 aliphatic carbocycles. The monoisotopic (exact) mass is 168 g/mol. The van der Waals surface area contributed by atoms with E-state index in [0.717, 1.165) is 12.1 Å². The van der Waals surface area contributed by atoms with Gasteiger partial charge < -0.3 is 5.73 Å². The van der Waals surface area contributed by atoms with E-state index >= 15 is 0 Å². The van der Waals surface area contributed by atoms with Crippen LogP contribution in [0, 0.1) is 0 Å². The average Bonchev–Trinajstić information content (AvgIpc) is 2.30. The third-order valence-electron chi connectivity index (χ3n) is 1.70. The van der Waals surface area contributed by atoms with Gasteiger partial charge in [0.2, 0.25) is 5.91 Å². The van der Waals surface area contributed by atoms with Gasteiger partial charge in [-0.15, -0.1) is 5.10 Å². The lowest BCUT2D eigenvalue weighted by atomic mass is 10.2. The van der Waals surface area contributed by atoms with Gasteiger partial charge in [-0.3, -0.25) is 9.48 Å². The number of nitrogens with zero attached hydrogens (tertiary/aromatic N) is 3. The van der Waals surface area contributed by atoms with E-state index in [2.05, 4.69) is 10.3 Å². The summed E-state index contributed by atoms with van der Waals surface area (Å²) in [6.07, 6.45) is 0.989. The molecule has 1 rings (SSSR count). The molecule has 1 heterocycles. The summed E-state index contributed by atoms with van der Waals surface area (Å²) < 4.78 is 1.66. The molecule has 0 atom stereocenters. The average molecular weight is 168 g/mol. The van der Waals surface area contributed by atoms with Gasteiger partial charge in [0.15, 0.2) is 0 Å². The van der Waals surface area contributed by atoms with Crippen molar-refractivity contribution in [1.82, 2.24) is 15.0 Å². The van der Waals surface area contributed by atoms with Crippen molar-refractivity contribution in [1.29, 1.82) is 0 Å². The topological polar surface area (TPSA) is 73.8 Å². The minimum atomic E-state index is -0.370. The van der Waals surface area contributed by atoms with E-state index in [9.17, 15) is 4.79 Å². The lowest BCUT2D eigenvalue weighted by Crippen LogP contribution is -2.15. The molecule has 0 spiro atoms. The highest BCUT2D eigenvalue weighted by Gasteiger charge is 2.10. The first-order valence-electron chi connectivity index (χ1n) is 3.80. The van der Waals surface area contributed by atoms with Gasteiger partial charge in [-0.1, -0.05) is 12.1 Å². The van der Waals surface area contributed by atoms with Crippen molar-refractivity contribution < 1.29 is 4.79 Å². The summed E-state index contributed by atoms with van der Waals surface area (Å²) in [7, 11) is 1.80. The molecule has 2 N–H and O–H groups in total. The van der Waals surface area contributed by atoms with Crippen LogP contribution in [0.25, 0.3) is 0 Å². The second-order valence-corrected chi connectivity index (χ2v) is 2.60. The summed E-state index contributed by atoms with van der Waals surface area (Å²) in [5.41, 5.74) is 6.70. The van der Waals surface area contributed by atoms with Gasteiger partial charge in [-0.05, 0) is 6.42 Å². The van der Waals surface area contributed by atoms with E-state index in [0.29, 0.717) is 5.69 Å². The molecule has 0 radical (unpaired) electrons. The Kier molecular flexibility index (Phi) is 2.42. The van der Waals surface area contributed by atoms with Crippen molar-refractivity contribution in [2.75, 3.05) is 0 Å². The van der Waals surface area contributed by atoms with Crippen molar-refractivity contribution in [3.05, 3.63) is 11.4 Å². The van der Waals surface area contributed by atoms with Gasteiger partial charge in [0, 0.05) is 7.05 Å². The number of aryl methyl sites for hydroxylation is 1. The highest BCUT2D eigenvalue weighted by Crippen LogP contribution is 2.04. The maximum absolute atomic E-state index is 10.6. The number of carbonyl (C=O) groups excluding carboxylic acids is 1. The summed E-state index contributed by atoms with van der Waals surface area (Å²) >= 11 is 0. The minimum Gasteiger partial charge on any atom is -0.369 e. The van der Waals surface area contributed by atoms with Gasteiger partial charge in [0.25, 0.3) is 0 Å². The van der Waals surface area contributed by atoms with Crippen LogP contribution in [0.4, 0.5) is 0 Å². The molecule has 66 valence electrons. The van der Waals surface area contributed by atoms with Gasteiger partial charge in [-0.2, -0.15) is 0 Å². The number of carbonyl (C=O) groups is 1. The molecule has 0 aliphatic heterocycles. The Bertz CT molecular complexity index is 292. The van der Waals surface area contributed by atoms with Crippen molar-refractivity contribution in [2.24, 2.45) is 12.8 Å². The third-order valence-corrected chi connectivity index (χ3v) is 1.70. The summed E-state index contributed by atoms with van der Waals surface area (Å²) in [6, 6.07) is 0. The highest BCUT2D eigenvalue weighted by atomic mass is 16.1. The fraction of sp³-hybridized carbons (Fsp3) is 0.571. The summed E-state index contributed by atoms with van der Waals surface area (Å²) in [5.74, 6) is -0.370. The largest absolute Gasteiger partial charge is 0.369 e. The second kappa shape index (κ2) is 3.34. The molecular weight excluding hydrogens is 156 g/mol. The van der Waals surface area contributed by atoms with Crippen molar-refractivity contribution in [3.63, 3.8) is 0 Å². The Hall–Kier alpha value is -1.39. The number of rotatable bonds is 3. The van der Waals surface area contributed by atoms with Crippen LogP contribution >= 0.6 is 0 Å². The summed E-state index contributed by atoms with van der Waals surface area (Å²) in [6.45, 7) is 1.99. The molecular formula is C7H12N4O. The molecule has 0 aliphatic rings. The van der Waals surface area contributed by atoms with Crippen LogP contribution in [0.1, 0.15) is 18.3 Å². The lowest BCUT2D eigenvalue weighted by molar-refractivity contribution is -0.117. The Morgan fingerprint density at radius 1 is 1.67 bits per heavy atom. The second-order valence-electron chi connectivity index (χ2n) is 2.60. The first-order valence-corrected chi connectivity index (χ1v) is 3.80. The van der Waals surface area contributed by atoms with Crippen molar-refractivity contribution in [3.8, 4) is 0 Å². The standard InChI is InChI=1S/C7H12N4O/c1-3-6-5(4-7(8)12)9-10-11(6)2/h3-4H2,1-2H3,(H2,8,12). The molecule has 12 heavy (non-hydrogen) atoms. The quantitative estimate of drug-likeness (QED) is 0.655. The molecule has 0 aromatic carbocycles. The molecule has 0 bridgehead atoms. The van der Waals surface area contributed by atoms with E-state index in [1.807, 2.05) is 6.92 Å². The normalized spacial score (nSPS) is 10.2. The number of hydrogen-bond donors (Lipinski definition) is 1. The Morgan fingerprint density at radius 3 is 2.83 bits per heavy atom. The Balaban J connectivity index is 2.91. The molecule has 1 aromatic heterocycles. The van der Waals surface area contributed by atoms with Crippen molar-refractivity contribution >= 4 is 5.91 Å². The summed E-state index contributed by atoms with van der Waals surface area (Å²) in [5, 5.41) is 7.64. The number of hydrogen-bond acceptors (Lipinski definition) is 3. The predicted octanol–water partition coefficient (Wildman–Crippen LogP) is -0.595. The van der Waals surface area contributed by atoms with Crippen LogP contribution in [-0.4, -0.2) is 20.9 Å². The van der Waals surface area contributed by atoms with Crippen LogP contribution in [-0.2, 0) is 24.7 Å². The minimum absolute atomic E-state index is 0.178. The first-order chi connectivity index (χ1) is 5.65. The van der Waals surface area contributed by atoms with Crippen molar-refractivity contribution in [2.45, 2.75) is 19.8 Å². The lowest BCUT2D eigenvalue weighted by Gasteiger charge is -1.97. The fourth-order valence-corrected chi connectivity index (χ4v) is 1.15. The number of nitrogens with two attached hydrogens (primary N) is 1. The molecule has 0 unspecified atom stereocenters. The van der Waals surface area contributed by atoms with Crippen LogP contribution in [0.2, 0.25) is 0 Å². The van der Waals surface area contributed by atoms with Gasteiger partial charge in [-0.25, -0.2) is 0 Å². The van der Waals surface area contributed by atoms with E-state index in [1.54, 1.807) is 11.7 Å². The van der Waals surface area contributed by atoms with E-state index in [4.69, 9.17) is 5.73 Å². The molecule has 5 heteroatoms. The van der Waals surface area contributed by atoms with Gasteiger partial charge in [0.05, 0.1) is 17.8 Å². The Morgan fingerprint density at radius 2 is 2.33 bits per heavy atom. The molecule has 0 fully saturated rings. The van der Waals surface area contributed by atoms with E-state index in [1.165, 1.54) is 0 Å². The molecule has 1 aromatic rings. The van der Waals surface area contributed by atoms with E-state index < -0.39 is 0 Å². The Labute approximate surface area is 70.6 Å².